The Balaban J connectivity index is 2.72. The summed E-state index contributed by atoms with van der Waals surface area (Å²) in [6, 6.07) is 2.74. The van der Waals surface area contributed by atoms with Crippen molar-refractivity contribution in [2.75, 3.05) is 6.54 Å². The highest BCUT2D eigenvalue weighted by Crippen LogP contribution is 2.15. The summed E-state index contributed by atoms with van der Waals surface area (Å²) >= 11 is 11.4. The Hall–Kier alpha value is -1.33. The van der Waals surface area contributed by atoms with Crippen LogP contribution in [-0.2, 0) is 4.79 Å². The molecular weight excluding hydrogens is 291 g/mol. The Morgan fingerprint density at radius 1 is 1.32 bits per heavy atom. The van der Waals surface area contributed by atoms with Gasteiger partial charge in [0.1, 0.15) is 10.3 Å². The fraction of sp³-hybridized carbons (Fsp3) is 0.417. The van der Waals surface area contributed by atoms with Crippen LogP contribution in [0.5, 0.6) is 0 Å². The van der Waals surface area contributed by atoms with Gasteiger partial charge in [0.25, 0.3) is 5.91 Å². The highest BCUT2D eigenvalue weighted by Gasteiger charge is 2.22. The van der Waals surface area contributed by atoms with Crippen LogP contribution >= 0.6 is 23.2 Å². The average molecular weight is 305 g/mol. The number of aromatic nitrogens is 1. The maximum absolute atomic E-state index is 11.8. The highest BCUT2D eigenvalue weighted by molar-refractivity contribution is 6.33. The lowest BCUT2D eigenvalue weighted by Crippen LogP contribution is -2.35. The largest absolute Gasteiger partial charge is 0.481 e. The van der Waals surface area contributed by atoms with E-state index in [1.807, 2.05) is 0 Å². The molecule has 2 N–H and O–H groups in total. The minimum atomic E-state index is -0.943. The number of aliphatic carboxylic acids is 1. The monoisotopic (exact) mass is 304 g/mol. The maximum atomic E-state index is 11.8. The number of hydrogen-bond acceptors (Lipinski definition) is 3. The van der Waals surface area contributed by atoms with E-state index in [0.717, 1.165) is 0 Å². The average Bonchev–Trinajstić information content (AvgIpc) is 2.26. The van der Waals surface area contributed by atoms with Gasteiger partial charge < -0.3 is 10.4 Å². The molecule has 0 spiro atoms. The van der Waals surface area contributed by atoms with Crippen LogP contribution in [-0.4, -0.2) is 28.5 Å². The summed E-state index contributed by atoms with van der Waals surface area (Å²) in [7, 11) is 0. The summed E-state index contributed by atoms with van der Waals surface area (Å²) in [6.45, 7) is 3.61. The first-order valence-corrected chi connectivity index (χ1v) is 6.41. The molecule has 0 bridgehead atoms. The van der Waals surface area contributed by atoms with Crippen molar-refractivity contribution in [2.24, 2.45) is 11.8 Å². The summed E-state index contributed by atoms with van der Waals surface area (Å²) < 4.78 is 0. The first-order chi connectivity index (χ1) is 8.81. The Morgan fingerprint density at radius 3 is 2.26 bits per heavy atom. The molecule has 1 atom stereocenters. The van der Waals surface area contributed by atoms with Gasteiger partial charge >= 0.3 is 5.97 Å². The molecule has 1 unspecified atom stereocenters. The molecule has 1 heterocycles. The second kappa shape index (κ2) is 6.73. The second-order valence-corrected chi connectivity index (χ2v) is 5.17. The number of carbonyl (C=O) groups is 2. The third kappa shape index (κ3) is 4.69. The number of carboxylic acids is 1. The molecule has 0 radical (unpaired) electrons. The number of amides is 1. The molecule has 1 amide bonds. The summed E-state index contributed by atoms with van der Waals surface area (Å²) in [4.78, 5) is 26.6. The second-order valence-electron chi connectivity index (χ2n) is 4.40. The van der Waals surface area contributed by atoms with Crippen molar-refractivity contribution in [2.45, 2.75) is 13.8 Å². The minimum absolute atomic E-state index is 0.0450. The lowest BCUT2D eigenvalue weighted by molar-refractivity contribution is -0.142. The van der Waals surface area contributed by atoms with Crippen molar-refractivity contribution in [3.05, 3.63) is 28.0 Å². The van der Waals surface area contributed by atoms with Crippen LogP contribution in [0.1, 0.15) is 24.2 Å². The smallest absolute Gasteiger partial charge is 0.308 e. The molecule has 0 fully saturated rings. The zero-order chi connectivity index (χ0) is 14.6. The molecule has 7 heteroatoms. The molecule has 0 aliphatic heterocycles. The minimum Gasteiger partial charge on any atom is -0.481 e. The van der Waals surface area contributed by atoms with Crippen LogP contribution in [0.3, 0.4) is 0 Å². The van der Waals surface area contributed by atoms with Crippen molar-refractivity contribution < 1.29 is 14.7 Å². The molecule has 0 saturated heterocycles. The van der Waals surface area contributed by atoms with Crippen LogP contribution in [0.25, 0.3) is 0 Å². The third-order valence-corrected chi connectivity index (χ3v) is 3.02. The first-order valence-electron chi connectivity index (χ1n) is 5.65. The van der Waals surface area contributed by atoms with Gasteiger partial charge in [-0.05, 0) is 18.1 Å². The fourth-order valence-electron chi connectivity index (χ4n) is 1.51. The summed E-state index contributed by atoms with van der Waals surface area (Å²) in [5.74, 6) is -2.10. The topological polar surface area (TPSA) is 79.3 Å². The van der Waals surface area contributed by atoms with Gasteiger partial charge in [-0.3, -0.25) is 9.59 Å². The van der Waals surface area contributed by atoms with Gasteiger partial charge in [-0.1, -0.05) is 37.0 Å². The van der Waals surface area contributed by atoms with E-state index in [4.69, 9.17) is 28.3 Å². The van der Waals surface area contributed by atoms with Gasteiger partial charge in [-0.2, -0.15) is 0 Å². The van der Waals surface area contributed by atoms with Crippen molar-refractivity contribution in [3.8, 4) is 0 Å². The predicted molar refractivity (Wildman–Crippen MR) is 72.6 cm³/mol. The van der Waals surface area contributed by atoms with E-state index in [0.29, 0.717) is 0 Å². The van der Waals surface area contributed by atoms with Gasteiger partial charge in [-0.25, -0.2) is 4.98 Å². The van der Waals surface area contributed by atoms with E-state index >= 15 is 0 Å². The lowest BCUT2D eigenvalue weighted by Gasteiger charge is -2.16. The van der Waals surface area contributed by atoms with E-state index in [-0.39, 0.29) is 28.3 Å². The van der Waals surface area contributed by atoms with E-state index in [9.17, 15) is 9.59 Å². The molecular formula is C12H14Cl2N2O3. The van der Waals surface area contributed by atoms with Crippen molar-refractivity contribution in [3.63, 3.8) is 0 Å². The Labute approximate surface area is 120 Å². The molecule has 0 aromatic carbocycles. The molecule has 0 aliphatic carbocycles. The lowest BCUT2D eigenvalue weighted by atomic mass is 9.96. The van der Waals surface area contributed by atoms with Crippen LogP contribution in [0.2, 0.25) is 10.3 Å². The number of nitrogens with zero attached hydrogens (tertiary/aromatic N) is 1. The highest BCUT2D eigenvalue weighted by atomic mass is 35.5. The zero-order valence-electron chi connectivity index (χ0n) is 10.5. The van der Waals surface area contributed by atoms with E-state index in [1.54, 1.807) is 13.8 Å². The number of hydrogen-bond donors (Lipinski definition) is 2. The SMILES string of the molecule is CC(C)C(CNC(=O)c1cc(Cl)nc(Cl)c1)C(=O)O. The predicted octanol–water partition coefficient (Wildman–Crippen LogP) is 2.47. The molecule has 0 aliphatic rings. The number of pyridine rings is 1. The number of halogens is 2. The molecule has 1 aromatic rings. The van der Waals surface area contributed by atoms with Crippen molar-refractivity contribution in [1.29, 1.82) is 0 Å². The number of carboxylic acid groups (broad SMARTS) is 1. The summed E-state index contributed by atoms with van der Waals surface area (Å²) in [5, 5.41) is 11.8. The standard InChI is InChI=1S/C12H14Cl2N2O3/c1-6(2)8(12(18)19)5-15-11(17)7-3-9(13)16-10(14)4-7/h3-4,6,8H,5H2,1-2H3,(H,15,17)(H,18,19). The van der Waals surface area contributed by atoms with Gasteiger partial charge in [0.05, 0.1) is 5.92 Å². The van der Waals surface area contributed by atoms with Crippen molar-refractivity contribution in [1.82, 2.24) is 10.3 Å². The van der Waals surface area contributed by atoms with Crippen LogP contribution in [0, 0.1) is 11.8 Å². The number of nitrogens with one attached hydrogen (secondary N) is 1. The molecule has 104 valence electrons. The Morgan fingerprint density at radius 2 is 1.84 bits per heavy atom. The van der Waals surface area contributed by atoms with E-state index < -0.39 is 17.8 Å². The van der Waals surface area contributed by atoms with Gasteiger partial charge in [0, 0.05) is 12.1 Å². The normalized spacial score (nSPS) is 12.3. The quantitative estimate of drug-likeness (QED) is 0.819. The molecule has 19 heavy (non-hydrogen) atoms. The molecule has 0 saturated carbocycles. The van der Waals surface area contributed by atoms with Gasteiger partial charge in [-0.15, -0.1) is 0 Å². The first kappa shape index (κ1) is 15.7. The molecule has 5 nitrogen and oxygen atoms in total. The Kier molecular flexibility index (Phi) is 5.57. The van der Waals surface area contributed by atoms with Gasteiger partial charge in [0.2, 0.25) is 0 Å². The van der Waals surface area contributed by atoms with E-state index in [2.05, 4.69) is 10.3 Å². The van der Waals surface area contributed by atoms with Crippen LogP contribution in [0.15, 0.2) is 12.1 Å². The van der Waals surface area contributed by atoms with Gasteiger partial charge in [0.15, 0.2) is 0 Å². The summed E-state index contributed by atoms with van der Waals surface area (Å²) in [5.41, 5.74) is 0.248. The Bertz CT molecular complexity index is 472. The molecule has 1 aromatic heterocycles. The maximum Gasteiger partial charge on any atom is 0.308 e. The molecule has 1 rings (SSSR count). The zero-order valence-corrected chi connectivity index (χ0v) is 12.0. The van der Waals surface area contributed by atoms with Crippen LogP contribution in [0.4, 0.5) is 0 Å². The van der Waals surface area contributed by atoms with Crippen LogP contribution < -0.4 is 5.32 Å². The van der Waals surface area contributed by atoms with E-state index in [1.165, 1.54) is 12.1 Å². The third-order valence-electron chi connectivity index (χ3n) is 2.63. The number of carbonyl (C=O) groups excluding carboxylic acids is 1. The summed E-state index contributed by atoms with van der Waals surface area (Å²) in [6.07, 6.45) is 0. The fourth-order valence-corrected chi connectivity index (χ4v) is 1.97. The van der Waals surface area contributed by atoms with Crippen molar-refractivity contribution >= 4 is 35.1 Å². The number of rotatable bonds is 5.